The average molecular weight is 318 g/mol. The zero-order valence-electron chi connectivity index (χ0n) is 11.2. The number of halogens is 4. The number of hydrogen-bond donors (Lipinski definition) is 1. The SMILES string of the molecule is Cc1cc(OC(F)(F)F)ccc1C(N)c1ccccc1.Cl. The third kappa shape index (κ3) is 4.65. The molecule has 0 aliphatic rings. The van der Waals surface area contributed by atoms with Gasteiger partial charge in [0.1, 0.15) is 5.75 Å². The van der Waals surface area contributed by atoms with E-state index < -0.39 is 6.36 Å². The fourth-order valence-electron chi connectivity index (χ4n) is 2.03. The van der Waals surface area contributed by atoms with Gasteiger partial charge in [0.25, 0.3) is 0 Å². The molecule has 2 nitrogen and oxygen atoms in total. The number of aryl methyl sites for hydroxylation is 1. The number of nitrogens with two attached hydrogens (primary N) is 1. The predicted octanol–water partition coefficient (Wildman–Crippen LogP) is 4.36. The van der Waals surface area contributed by atoms with Gasteiger partial charge in [-0.2, -0.15) is 0 Å². The van der Waals surface area contributed by atoms with E-state index in [9.17, 15) is 13.2 Å². The molecule has 0 bridgehead atoms. The molecule has 0 fully saturated rings. The van der Waals surface area contributed by atoms with E-state index in [1.807, 2.05) is 30.3 Å². The molecule has 0 saturated heterocycles. The Morgan fingerprint density at radius 2 is 1.67 bits per heavy atom. The maximum Gasteiger partial charge on any atom is 0.573 e. The number of hydrogen-bond acceptors (Lipinski definition) is 2. The van der Waals surface area contributed by atoms with Gasteiger partial charge in [-0.15, -0.1) is 25.6 Å². The second kappa shape index (κ2) is 6.83. The molecule has 21 heavy (non-hydrogen) atoms. The second-order valence-corrected chi connectivity index (χ2v) is 4.45. The van der Waals surface area contributed by atoms with Gasteiger partial charge in [0.05, 0.1) is 6.04 Å². The molecule has 1 unspecified atom stereocenters. The van der Waals surface area contributed by atoms with Gasteiger partial charge in [-0.1, -0.05) is 36.4 Å². The molecular formula is C15H15ClF3NO. The van der Waals surface area contributed by atoms with E-state index >= 15 is 0 Å². The molecule has 0 radical (unpaired) electrons. The molecule has 6 heteroatoms. The maximum atomic E-state index is 12.2. The second-order valence-electron chi connectivity index (χ2n) is 4.45. The van der Waals surface area contributed by atoms with Gasteiger partial charge in [-0.3, -0.25) is 0 Å². The van der Waals surface area contributed by atoms with Crippen molar-refractivity contribution in [1.82, 2.24) is 0 Å². The van der Waals surface area contributed by atoms with Crippen LogP contribution in [0.5, 0.6) is 5.75 Å². The Hall–Kier alpha value is -1.72. The maximum absolute atomic E-state index is 12.2. The summed E-state index contributed by atoms with van der Waals surface area (Å²) >= 11 is 0. The summed E-state index contributed by atoms with van der Waals surface area (Å²) in [5.74, 6) is -0.237. The first-order valence-electron chi connectivity index (χ1n) is 6.03. The van der Waals surface area contributed by atoms with Crippen LogP contribution in [0.25, 0.3) is 0 Å². The first-order valence-corrected chi connectivity index (χ1v) is 6.03. The quantitative estimate of drug-likeness (QED) is 0.912. The van der Waals surface area contributed by atoms with Crippen molar-refractivity contribution in [2.45, 2.75) is 19.3 Å². The zero-order valence-corrected chi connectivity index (χ0v) is 12.0. The first-order chi connectivity index (χ1) is 9.37. The fourth-order valence-corrected chi connectivity index (χ4v) is 2.03. The molecule has 2 aromatic rings. The van der Waals surface area contributed by atoms with Crippen LogP contribution in [0, 0.1) is 6.92 Å². The average Bonchev–Trinajstić information content (AvgIpc) is 2.37. The Morgan fingerprint density at radius 1 is 1.05 bits per heavy atom. The number of benzene rings is 2. The van der Waals surface area contributed by atoms with Crippen molar-refractivity contribution in [3.8, 4) is 5.75 Å². The molecule has 2 N–H and O–H groups in total. The van der Waals surface area contributed by atoms with E-state index in [0.717, 1.165) is 11.1 Å². The normalized spacial score (nSPS) is 12.4. The van der Waals surface area contributed by atoms with E-state index in [1.165, 1.54) is 12.1 Å². The first kappa shape index (κ1) is 17.3. The van der Waals surface area contributed by atoms with Crippen LogP contribution in [0.2, 0.25) is 0 Å². The predicted molar refractivity (Wildman–Crippen MR) is 77.6 cm³/mol. The monoisotopic (exact) mass is 317 g/mol. The largest absolute Gasteiger partial charge is 0.573 e. The Kier molecular flexibility index (Phi) is 5.63. The van der Waals surface area contributed by atoms with Crippen LogP contribution in [-0.4, -0.2) is 6.36 Å². The lowest BCUT2D eigenvalue weighted by Crippen LogP contribution is -2.18. The molecule has 0 aromatic heterocycles. The van der Waals surface area contributed by atoms with Gasteiger partial charge < -0.3 is 10.5 Å². The van der Waals surface area contributed by atoms with Gasteiger partial charge in [0.15, 0.2) is 0 Å². The van der Waals surface area contributed by atoms with Gasteiger partial charge >= 0.3 is 6.36 Å². The van der Waals surface area contributed by atoms with Crippen LogP contribution >= 0.6 is 12.4 Å². The summed E-state index contributed by atoms with van der Waals surface area (Å²) in [7, 11) is 0. The highest BCUT2D eigenvalue weighted by Crippen LogP contribution is 2.28. The van der Waals surface area contributed by atoms with Crippen molar-refractivity contribution in [3.05, 3.63) is 65.2 Å². The number of ether oxygens (including phenoxy) is 1. The van der Waals surface area contributed by atoms with Crippen molar-refractivity contribution in [3.63, 3.8) is 0 Å². The molecule has 2 rings (SSSR count). The number of alkyl halides is 3. The van der Waals surface area contributed by atoms with E-state index in [-0.39, 0.29) is 24.2 Å². The fraction of sp³-hybridized carbons (Fsp3) is 0.200. The Bertz CT molecular complexity index is 587. The summed E-state index contributed by atoms with van der Waals surface area (Å²) in [6.07, 6.45) is -4.69. The molecule has 0 amide bonds. The van der Waals surface area contributed by atoms with Crippen LogP contribution in [0.15, 0.2) is 48.5 Å². The van der Waals surface area contributed by atoms with E-state index in [2.05, 4.69) is 4.74 Å². The summed E-state index contributed by atoms with van der Waals surface area (Å²) in [5, 5.41) is 0. The third-order valence-corrected chi connectivity index (χ3v) is 2.97. The van der Waals surface area contributed by atoms with E-state index in [0.29, 0.717) is 5.56 Å². The highest BCUT2D eigenvalue weighted by molar-refractivity contribution is 5.85. The lowest BCUT2D eigenvalue weighted by atomic mass is 9.96. The third-order valence-electron chi connectivity index (χ3n) is 2.97. The van der Waals surface area contributed by atoms with Gasteiger partial charge in [0.2, 0.25) is 0 Å². The standard InChI is InChI=1S/C15H14F3NO.ClH/c1-10-9-12(20-15(16,17)18)7-8-13(10)14(19)11-5-3-2-4-6-11;/h2-9,14H,19H2,1H3;1H. The smallest absolute Gasteiger partial charge is 0.406 e. The van der Waals surface area contributed by atoms with Crippen molar-refractivity contribution < 1.29 is 17.9 Å². The summed E-state index contributed by atoms with van der Waals surface area (Å²) in [6, 6.07) is 13.2. The lowest BCUT2D eigenvalue weighted by molar-refractivity contribution is -0.274. The van der Waals surface area contributed by atoms with E-state index in [1.54, 1.807) is 13.0 Å². The van der Waals surface area contributed by atoms with Gasteiger partial charge in [-0.05, 0) is 35.7 Å². The van der Waals surface area contributed by atoms with Crippen molar-refractivity contribution in [2.75, 3.05) is 0 Å². The molecular weight excluding hydrogens is 303 g/mol. The minimum absolute atomic E-state index is 0. The van der Waals surface area contributed by atoms with Crippen molar-refractivity contribution in [1.29, 1.82) is 0 Å². The van der Waals surface area contributed by atoms with Crippen LogP contribution in [-0.2, 0) is 0 Å². The van der Waals surface area contributed by atoms with Gasteiger partial charge in [0, 0.05) is 0 Å². The summed E-state index contributed by atoms with van der Waals surface area (Å²) in [6.45, 7) is 1.71. The molecule has 0 spiro atoms. The Balaban J connectivity index is 0.00000220. The Morgan fingerprint density at radius 3 is 2.19 bits per heavy atom. The van der Waals surface area contributed by atoms with Crippen LogP contribution in [0.3, 0.4) is 0 Å². The highest BCUT2D eigenvalue weighted by Gasteiger charge is 2.31. The summed E-state index contributed by atoms with van der Waals surface area (Å²) in [5.41, 5.74) is 8.46. The van der Waals surface area contributed by atoms with Crippen LogP contribution in [0.4, 0.5) is 13.2 Å². The zero-order chi connectivity index (χ0) is 14.8. The summed E-state index contributed by atoms with van der Waals surface area (Å²) in [4.78, 5) is 0. The highest BCUT2D eigenvalue weighted by atomic mass is 35.5. The molecule has 114 valence electrons. The van der Waals surface area contributed by atoms with Crippen molar-refractivity contribution in [2.24, 2.45) is 5.73 Å². The van der Waals surface area contributed by atoms with Gasteiger partial charge in [-0.25, -0.2) is 0 Å². The van der Waals surface area contributed by atoms with Crippen LogP contribution < -0.4 is 10.5 Å². The summed E-state index contributed by atoms with van der Waals surface area (Å²) < 4.78 is 40.3. The topological polar surface area (TPSA) is 35.2 Å². The molecule has 1 atom stereocenters. The van der Waals surface area contributed by atoms with Crippen LogP contribution in [0.1, 0.15) is 22.7 Å². The molecule has 0 aliphatic carbocycles. The van der Waals surface area contributed by atoms with E-state index in [4.69, 9.17) is 5.73 Å². The molecule has 0 saturated carbocycles. The molecule has 2 aromatic carbocycles. The minimum Gasteiger partial charge on any atom is -0.406 e. The Labute approximate surface area is 127 Å². The minimum atomic E-state index is -4.69. The lowest BCUT2D eigenvalue weighted by Gasteiger charge is -2.17. The molecule has 0 heterocycles. The molecule has 0 aliphatic heterocycles. The number of rotatable bonds is 3. The van der Waals surface area contributed by atoms with Crippen molar-refractivity contribution >= 4 is 12.4 Å².